The van der Waals surface area contributed by atoms with Gasteiger partial charge in [0.25, 0.3) is 0 Å². The molecule has 0 atom stereocenters. The number of aryl methyl sites for hydroxylation is 2. The summed E-state index contributed by atoms with van der Waals surface area (Å²) in [6.45, 7) is 0. The molecule has 0 bridgehead atoms. The SMILES string of the molecule is Cn1nc(CCC(=O)O)c(Br)c1-c1ccc(F)cc1. The van der Waals surface area contributed by atoms with Crippen molar-refractivity contribution >= 4 is 21.9 Å². The number of carboxylic acids is 1. The van der Waals surface area contributed by atoms with Crippen molar-refractivity contribution in [1.29, 1.82) is 0 Å². The monoisotopic (exact) mass is 326 g/mol. The van der Waals surface area contributed by atoms with Crippen molar-refractivity contribution in [3.8, 4) is 11.3 Å². The van der Waals surface area contributed by atoms with Crippen molar-refractivity contribution in [1.82, 2.24) is 9.78 Å². The summed E-state index contributed by atoms with van der Waals surface area (Å²) in [5.41, 5.74) is 2.31. The van der Waals surface area contributed by atoms with Gasteiger partial charge in [-0.1, -0.05) is 0 Å². The van der Waals surface area contributed by atoms with Crippen LogP contribution >= 0.6 is 15.9 Å². The summed E-state index contributed by atoms with van der Waals surface area (Å²) in [6, 6.07) is 6.09. The molecule has 2 aromatic rings. The predicted octanol–water partition coefficient (Wildman–Crippen LogP) is 3.01. The Labute approximate surface area is 118 Å². The van der Waals surface area contributed by atoms with Crippen molar-refractivity contribution in [3.63, 3.8) is 0 Å². The summed E-state index contributed by atoms with van der Waals surface area (Å²) in [4.78, 5) is 10.6. The molecule has 0 saturated heterocycles. The third kappa shape index (κ3) is 3.01. The van der Waals surface area contributed by atoms with Crippen LogP contribution in [0.25, 0.3) is 11.3 Å². The summed E-state index contributed by atoms with van der Waals surface area (Å²) in [5.74, 6) is -1.16. The Morgan fingerprint density at radius 2 is 2.05 bits per heavy atom. The molecule has 19 heavy (non-hydrogen) atoms. The number of aliphatic carboxylic acids is 1. The van der Waals surface area contributed by atoms with Gasteiger partial charge < -0.3 is 5.11 Å². The van der Waals surface area contributed by atoms with E-state index in [2.05, 4.69) is 21.0 Å². The third-order valence-corrected chi connectivity index (χ3v) is 3.58. The number of carbonyl (C=O) groups is 1. The second-order valence-electron chi connectivity index (χ2n) is 4.13. The highest BCUT2D eigenvalue weighted by Crippen LogP contribution is 2.31. The Morgan fingerprint density at radius 1 is 1.42 bits per heavy atom. The topological polar surface area (TPSA) is 55.1 Å². The number of rotatable bonds is 4. The fraction of sp³-hybridized carbons (Fsp3) is 0.231. The van der Waals surface area contributed by atoms with Crippen LogP contribution in [0.2, 0.25) is 0 Å². The van der Waals surface area contributed by atoms with Crippen molar-refractivity contribution in [2.45, 2.75) is 12.8 Å². The number of aromatic nitrogens is 2. The van der Waals surface area contributed by atoms with Crippen LogP contribution in [0.1, 0.15) is 12.1 Å². The van der Waals surface area contributed by atoms with Gasteiger partial charge in [-0.3, -0.25) is 9.48 Å². The largest absolute Gasteiger partial charge is 0.481 e. The zero-order valence-electron chi connectivity index (χ0n) is 10.2. The van der Waals surface area contributed by atoms with Gasteiger partial charge in [0.15, 0.2) is 0 Å². The number of halogens is 2. The third-order valence-electron chi connectivity index (χ3n) is 2.75. The minimum absolute atomic E-state index is 0.0263. The Balaban J connectivity index is 2.36. The molecular weight excluding hydrogens is 315 g/mol. The number of carboxylic acid groups (broad SMARTS) is 1. The molecule has 1 heterocycles. The lowest BCUT2D eigenvalue weighted by Gasteiger charge is -2.02. The van der Waals surface area contributed by atoms with E-state index >= 15 is 0 Å². The molecule has 1 N–H and O–H groups in total. The van der Waals surface area contributed by atoms with Crippen LogP contribution in [0.3, 0.4) is 0 Å². The fourth-order valence-electron chi connectivity index (χ4n) is 1.86. The van der Waals surface area contributed by atoms with E-state index in [4.69, 9.17) is 5.11 Å². The van der Waals surface area contributed by atoms with Crippen molar-refractivity contribution in [3.05, 3.63) is 40.2 Å². The molecule has 1 aromatic heterocycles. The van der Waals surface area contributed by atoms with Gasteiger partial charge in [0, 0.05) is 19.0 Å². The molecule has 0 aliphatic rings. The summed E-state index contributed by atoms with van der Waals surface area (Å²) in [7, 11) is 1.77. The molecule has 0 spiro atoms. The first-order chi connectivity index (χ1) is 8.99. The molecule has 0 aliphatic carbocycles. The van der Waals surface area contributed by atoms with Gasteiger partial charge >= 0.3 is 5.97 Å². The number of hydrogen-bond donors (Lipinski definition) is 1. The molecule has 0 aliphatic heterocycles. The maximum atomic E-state index is 12.9. The van der Waals surface area contributed by atoms with Gasteiger partial charge in [0.2, 0.25) is 0 Å². The lowest BCUT2D eigenvalue weighted by Crippen LogP contribution is -1.99. The first-order valence-electron chi connectivity index (χ1n) is 5.68. The molecule has 0 saturated carbocycles. The average Bonchev–Trinajstić information content (AvgIpc) is 2.63. The van der Waals surface area contributed by atoms with E-state index in [9.17, 15) is 9.18 Å². The lowest BCUT2D eigenvalue weighted by molar-refractivity contribution is -0.136. The Hall–Kier alpha value is -1.69. The van der Waals surface area contributed by atoms with E-state index in [1.54, 1.807) is 23.9 Å². The van der Waals surface area contributed by atoms with Gasteiger partial charge in [-0.25, -0.2) is 4.39 Å². The molecule has 0 radical (unpaired) electrons. The summed E-state index contributed by atoms with van der Waals surface area (Å²) < 4.78 is 15.3. The van der Waals surface area contributed by atoms with E-state index < -0.39 is 5.97 Å². The van der Waals surface area contributed by atoms with Crippen molar-refractivity contribution < 1.29 is 14.3 Å². The number of benzene rings is 1. The zero-order chi connectivity index (χ0) is 14.0. The smallest absolute Gasteiger partial charge is 0.303 e. The van der Waals surface area contributed by atoms with E-state index in [-0.39, 0.29) is 12.2 Å². The fourth-order valence-corrected chi connectivity index (χ4v) is 2.62. The predicted molar refractivity (Wildman–Crippen MR) is 72.3 cm³/mol. The Morgan fingerprint density at radius 3 is 2.63 bits per heavy atom. The highest BCUT2D eigenvalue weighted by Gasteiger charge is 2.16. The Bertz CT molecular complexity index is 608. The number of hydrogen-bond acceptors (Lipinski definition) is 2. The molecule has 0 unspecified atom stereocenters. The van der Waals surface area contributed by atoms with E-state index in [0.717, 1.165) is 15.7 Å². The van der Waals surface area contributed by atoms with Gasteiger partial charge in [-0.2, -0.15) is 5.10 Å². The van der Waals surface area contributed by atoms with E-state index in [1.807, 2.05) is 0 Å². The van der Waals surface area contributed by atoms with Crippen LogP contribution in [0.4, 0.5) is 4.39 Å². The maximum absolute atomic E-state index is 12.9. The van der Waals surface area contributed by atoms with Crippen LogP contribution in [-0.2, 0) is 18.3 Å². The normalized spacial score (nSPS) is 10.7. The van der Waals surface area contributed by atoms with Crippen molar-refractivity contribution in [2.75, 3.05) is 0 Å². The lowest BCUT2D eigenvalue weighted by atomic mass is 10.1. The summed E-state index contributed by atoms with van der Waals surface area (Å²) >= 11 is 3.44. The number of nitrogens with zero attached hydrogens (tertiary/aromatic N) is 2. The molecule has 4 nitrogen and oxygen atoms in total. The second-order valence-corrected chi connectivity index (χ2v) is 4.93. The average molecular weight is 327 g/mol. The van der Waals surface area contributed by atoms with E-state index in [1.165, 1.54) is 12.1 Å². The summed E-state index contributed by atoms with van der Waals surface area (Å²) in [5, 5.41) is 13.0. The van der Waals surface area contributed by atoms with Gasteiger partial charge in [-0.15, -0.1) is 0 Å². The maximum Gasteiger partial charge on any atom is 0.303 e. The molecule has 0 fully saturated rings. The van der Waals surface area contributed by atoms with Crippen molar-refractivity contribution in [2.24, 2.45) is 7.05 Å². The Kier molecular flexibility index (Phi) is 3.99. The second kappa shape index (κ2) is 5.52. The molecule has 2 rings (SSSR count). The van der Waals surface area contributed by atoms with E-state index in [0.29, 0.717) is 12.1 Å². The van der Waals surface area contributed by atoms with Crippen LogP contribution in [0.5, 0.6) is 0 Å². The van der Waals surface area contributed by atoms with Gasteiger partial charge in [0.1, 0.15) is 5.82 Å². The summed E-state index contributed by atoms with van der Waals surface area (Å²) in [6.07, 6.45) is 0.378. The first-order valence-corrected chi connectivity index (χ1v) is 6.47. The minimum atomic E-state index is -0.860. The molecule has 6 heteroatoms. The highest BCUT2D eigenvalue weighted by atomic mass is 79.9. The highest BCUT2D eigenvalue weighted by molar-refractivity contribution is 9.10. The molecule has 1 aromatic carbocycles. The molecule has 0 amide bonds. The quantitative estimate of drug-likeness (QED) is 0.939. The van der Waals surface area contributed by atoms with Gasteiger partial charge in [0.05, 0.1) is 22.3 Å². The zero-order valence-corrected chi connectivity index (χ0v) is 11.8. The standard InChI is InChI=1S/C13H12BrFN2O2/c1-17-13(8-2-4-9(15)5-3-8)12(14)10(16-17)6-7-11(18)19/h2-5H,6-7H2,1H3,(H,18,19). The van der Waals surface area contributed by atoms with Crippen LogP contribution in [0, 0.1) is 5.82 Å². The van der Waals surface area contributed by atoms with Crippen LogP contribution in [-0.4, -0.2) is 20.9 Å². The van der Waals surface area contributed by atoms with Crippen LogP contribution < -0.4 is 0 Å². The molecular formula is C13H12BrFN2O2. The van der Waals surface area contributed by atoms with Gasteiger partial charge in [-0.05, 0) is 40.2 Å². The molecule has 100 valence electrons. The minimum Gasteiger partial charge on any atom is -0.481 e. The van der Waals surface area contributed by atoms with Crippen LogP contribution in [0.15, 0.2) is 28.7 Å². The first kappa shape index (κ1) is 13.7.